The molecule has 3 N–H and O–H groups in total. The first kappa shape index (κ1) is 15.7. The molecule has 1 aliphatic rings. The third-order valence-corrected chi connectivity index (χ3v) is 3.93. The maximum absolute atomic E-state index is 12.4. The van der Waals surface area contributed by atoms with Crippen LogP contribution >= 0.6 is 0 Å². The van der Waals surface area contributed by atoms with Gasteiger partial charge in [-0.2, -0.15) is 0 Å². The number of ether oxygens (including phenoxy) is 1. The van der Waals surface area contributed by atoms with Crippen molar-refractivity contribution < 1.29 is 9.53 Å². The number of methoxy groups -OCH3 is 1. The van der Waals surface area contributed by atoms with Crippen molar-refractivity contribution in [3.63, 3.8) is 0 Å². The van der Waals surface area contributed by atoms with Crippen molar-refractivity contribution in [1.82, 2.24) is 10.9 Å². The van der Waals surface area contributed by atoms with Crippen LogP contribution in [0.15, 0.2) is 54.6 Å². The average molecular weight is 311 g/mol. The highest BCUT2D eigenvalue weighted by atomic mass is 16.5. The molecule has 2 atom stereocenters. The number of anilines is 1. The van der Waals surface area contributed by atoms with E-state index in [1.807, 2.05) is 42.5 Å². The Morgan fingerprint density at radius 3 is 2.78 bits per heavy atom. The van der Waals surface area contributed by atoms with Crippen LogP contribution in [0.2, 0.25) is 0 Å². The number of hydrogen-bond acceptors (Lipinski definition) is 4. The summed E-state index contributed by atoms with van der Waals surface area (Å²) in [7, 11) is 1.66. The van der Waals surface area contributed by atoms with Crippen LogP contribution in [-0.2, 0) is 16.1 Å². The van der Waals surface area contributed by atoms with Crippen molar-refractivity contribution in [3.05, 3.63) is 65.7 Å². The monoisotopic (exact) mass is 311 g/mol. The van der Waals surface area contributed by atoms with Gasteiger partial charge < -0.3 is 10.1 Å². The molecule has 0 bridgehead atoms. The number of carbonyl (C=O) groups is 1. The lowest BCUT2D eigenvalue weighted by Crippen LogP contribution is -2.39. The highest BCUT2D eigenvalue weighted by Gasteiger charge is 2.29. The molecule has 2 unspecified atom stereocenters. The molecule has 5 nitrogen and oxygen atoms in total. The molecule has 0 aromatic heterocycles. The van der Waals surface area contributed by atoms with E-state index in [9.17, 15) is 4.79 Å². The lowest BCUT2D eigenvalue weighted by molar-refractivity contribution is -0.117. The number of nitrogens with one attached hydrogen (secondary N) is 3. The summed E-state index contributed by atoms with van der Waals surface area (Å²) < 4.78 is 5.12. The number of rotatable bonds is 5. The van der Waals surface area contributed by atoms with E-state index in [1.165, 1.54) is 5.56 Å². The van der Waals surface area contributed by atoms with Crippen LogP contribution in [0.3, 0.4) is 0 Å². The maximum Gasteiger partial charge on any atom is 0.242 e. The minimum Gasteiger partial charge on any atom is -0.380 e. The summed E-state index contributed by atoms with van der Waals surface area (Å²) >= 11 is 0. The zero-order valence-electron chi connectivity index (χ0n) is 13.1. The van der Waals surface area contributed by atoms with Gasteiger partial charge in [0, 0.05) is 18.8 Å². The van der Waals surface area contributed by atoms with Gasteiger partial charge in [0.1, 0.15) is 6.04 Å². The smallest absolute Gasteiger partial charge is 0.242 e. The van der Waals surface area contributed by atoms with Crippen molar-refractivity contribution in [2.24, 2.45) is 0 Å². The molecule has 1 saturated heterocycles. The fourth-order valence-corrected chi connectivity index (χ4v) is 2.77. The fraction of sp³-hybridized carbons (Fsp3) is 0.278. The quantitative estimate of drug-likeness (QED) is 0.793. The number of hydrazine groups is 1. The zero-order chi connectivity index (χ0) is 16.1. The second kappa shape index (κ2) is 7.37. The summed E-state index contributed by atoms with van der Waals surface area (Å²) in [6, 6.07) is 17.7. The summed E-state index contributed by atoms with van der Waals surface area (Å²) in [5.41, 5.74) is 9.27. The molecule has 0 spiro atoms. The lowest BCUT2D eigenvalue weighted by atomic mass is 10.0. The number of amides is 1. The minimum absolute atomic E-state index is 0.0366. The van der Waals surface area contributed by atoms with Gasteiger partial charge in [-0.25, -0.2) is 10.9 Å². The van der Waals surface area contributed by atoms with Gasteiger partial charge in [-0.1, -0.05) is 42.5 Å². The van der Waals surface area contributed by atoms with Crippen LogP contribution in [0.4, 0.5) is 5.69 Å². The van der Waals surface area contributed by atoms with E-state index in [-0.39, 0.29) is 18.0 Å². The Hall–Kier alpha value is -2.21. The Bertz CT molecular complexity index is 660. The third-order valence-electron chi connectivity index (χ3n) is 3.93. The Labute approximate surface area is 136 Å². The molecular weight excluding hydrogens is 290 g/mol. The molecule has 0 aliphatic carbocycles. The van der Waals surface area contributed by atoms with E-state index in [0.717, 1.165) is 11.3 Å². The summed E-state index contributed by atoms with van der Waals surface area (Å²) in [4.78, 5) is 12.4. The summed E-state index contributed by atoms with van der Waals surface area (Å²) in [6.07, 6.45) is 0.716. The zero-order valence-corrected chi connectivity index (χ0v) is 13.1. The van der Waals surface area contributed by atoms with Crippen LogP contribution < -0.4 is 16.2 Å². The molecule has 2 aromatic carbocycles. The highest BCUT2D eigenvalue weighted by Crippen LogP contribution is 2.22. The van der Waals surface area contributed by atoms with Crippen molar-refractivity contribution >= 4 is 11.6 Å². The first-order valence-corrected chi connectivity index (χ1v) is 7.71. The van der Waals surface area contributed by atoms with Crippen molar-refractivity contribution in [2.75, 3.05) is 12.4 Å². The predicted molar refractivity (Wildman–Crippen MR) is 89.6 cm³/mol. The molecular formula is C18H21N3O2. The molecule has 0 saturated carbocycles. The van der Waals surface area contributed by atoms with Gasteiger partial charge in [0.05, 0.1) is 6.61 Å². The van der Waals surface area contributed by atoms with Gasteiger partial charge >= 0.3 is 0 Å². The average Bonchev–Trinajstić information content (AvgIpc) is 3.06. The molecule has 1 aliphatic heterocycles. The Morgan fingerprint density at radius 1 is 1.17 bits per heavy atom. The topological polar surface area (TPSA) is 62.4 Å². The molecule has 0 radical (unpaired) electrons. The molecule has 3 rings (SSSR count). The van der Waals surface area contributed by atoms with Gasteiger partial charge in [0.15, 0.2) is 0 Å². The Kier molecular flexibility index (Phi) is 5.02. The minimum atomic E-state index is -0.258. The Balaban J connectivity index is 1.60. The van der Waals surface area contributed by atoms with E-state index >= 15 is 0 Å². The van der Waals surface area contributed by atoms with Crippen LogP contribution in [0.5, 0.6) is 0 Å². The van der Waals surface area contributed by atoms with Gasteiger partial charge in [-0.3, -0.25) is 4.79 Å². The molecule has 2 aromatic rings. The van der Waals surface area contributed by atoms with Gasteiger partial charge in [0.2, 0.25) is 5.91 Å². The van der Waals surface area contributed by atoms with E-state index < -0.39 is 0 Å². The lowest BCUT2D eigenvalue weighted by Gasteiger charge is -2.11. The first-order valence-electron chi connectivity index (χ1n) is 7.71. The second-order valence-electron chi connectivity index (χ2n) is 5.66. The van der Waals surface area contributed by atoms with Crippen LogP contribution in [0, 0.1) is 0 Å². The van der Waals surface area contributed by atoms with Crippen molar-refractivity contribution in [1.29, 1.82) is 0 Å². The Morgan fingerprint density at radius 2 is 2.00 bits per heavy atom. The first-order chi connectivity index (χ1) is 11.3. The van der Waals surface area contributed by atoms with Crippen LogP contribution in [-0.4, -0.2) is 19.1 Å². The summed E-state index contributed by atoms with van der Waals surface area (Å²) in [5.74, 6) is -0.0366. The summed E-state index contributed by atoms with van der Waals surface area (Å²) in [5, 5.41) is 2.96. The summed E-state index contributed by atoms with van der Waals surface area (Å²) in [6.45, 7) is 0.531. The molecule has 5 heteroatoms. The largest absolute Gasteiger partial charge is 0.380 e. The number of hydrogen-bond donors (Lipinski definition) is 3. The van der Waals surface area contributed by atoms with Gasteiger partial charge in [-0.15, -0.1) is 0 Å². The van der Waals surface area contributed by atoms with E-state index in [2.05, 4.69) is 28.3 Å². The third kappa shape index (κ3) is 3.96. The van der Waals surface area contributed by atoms with E-state index in [4.69, 9.17) is 4.74 Å². The van der Waals surface area contributed by atoms with Crippen molar-refractivity contribution in [3.8, 4) is 0 Å². The van der Waals surface area contributed by atoms with E-state index in [0.29, 0.717) is 13.0 Å². The van der Waals surface area contributed by atoms with Gasteiger partial charge in [-0.05, 0) is 29.7 Å². The predicted octanol–water partition coefficient (Wildman–Crippen LogP) is 2.38. The fourth-order valence-electron chi connectivity index (χ4n) is 2.77. The standard InChI is InChI=1S/C18H21N3O2/c1-23-12-13-6-5-9-15(10-13)19-18(22)17-11-16(20-21-17)14-7-3-2-4-8-14/h2-10,16-17,20-21H,11-12H2,1H3,(H,19,22). The number of carbonyl (C=O) groups excluding carboxylic acids is 1. The molecule has 1 fully saturated rings. The van der Waals surface area contributed by atoms with Crippen molar-refractivity contribution in [2.45, 2.75) is 25.1 Å². The second-order valence-corrected chi connectivity index (χ2v) is 5.66. The molecule has 1 heterocycles. The normalized spacial score (nSPS) is 20.4. The number of benzene rings is 2. The maximum atomic E-state index is 12.4. The SMILES string of the molecule is COCc1cccc(NC(=O)C2CC(c3ccccc3)NN2)c1. The van der Waals surface area contributed by atoms with Crippen LogP contribution in [0.25, 0.3) is 0 Å². The van der Waals surface area contributed by atoms with E-state index in [1.54, 1.807) is 7.11 Å². The molecule has 120 valence electrons. The highest BCUT2D eigenvalue weighted by molar-refractivity contribution is 5.95. The van der Waals surface area contributed by atoms with Gasteiger partial charge in [0.25, 0.3) is 0 Å². The van der Waals surface area contributed by atoms with Crippen LogP contribution in [0.1, 0.15) is 23.6 Å². The molecule has 1 amide bonds. The molecule has 23 heavy (non-hydrogen) atoms.